The molecule has 0 radical (unpaired) electrons. The summed E-state index contributed by atoms with van der Waals surface area (Å²) in [6.07, 6.45) is 6.81. The zero-order valence-corrected chi connectivity index (χ0v) is 19.0. The van der Waals surface area contributed by atoms with Gasteiger partial charge in [0, 0.05) is 43.6 Å². The summed E-state index contributed by atoms with van der Waals surface area (Å²) in [6.45, 7) is 9.36. The molecule has 0 aliphatic carbocycles. The summed E-state index contributed by atoms with van der Waals surface area (Å²) in [5.41, 5.74) is 2.57. The number of nitrogens with one attached hydrogen (secondary N) is 2. The number of ether oxygens (including phenoxy) is 2. The van der Waals surface area contributed by atoms with Gasteiger partial charge in [0.1, 0.15) is 0 Å². The summed E-state index contributed by atoms with van der Waals surface area (Å²) in [7, 11) is 0. The van der Waals surface area contributed by atoms with E-state index in [9.17, 15) is 0 Å². The molecule has 2 heterocycles. The summed E-state index contributed by atoms with van der Waals surface area (Å²) in [4.78, 5) is 4.95. The Labute approximate surface area is 180 Å². The van der Waals surface area contributed by atoms with Gasteiger partial charge >= 0.3 is 0 Å². The van der Waals surface area contributed by atoms with E-state index in [0.717, 1.165) is 64.7 Å². The molecule has 6 heteroatoms. The molecule has 1 aromatic rings. The molecule has 3 rings (SSSR count). The van der Waals surface area contributed by atoms with E-state index in [0.29, 0.717) is 5.92 Å². The van der Waals surface area contributed by atoms with Crippen LogP contribution in [0.2, 0.25) is 0 Å². The van der Waals surface area contributed by atoms with Gasteiger partial charge in [-0.05, 0) is 51.3 Å². The number of benzene rings is 1. The molecule has 0 saturated carbocycles. The molecule has 5 nitrogen and oxygen atoms in total. The molecular weight excluding hydrogens is 382 g/mol. The predicted molar refractivity (Wildman–Crippen MR) is 123 cm³/mol. The number of aliphatic imine (C=N–C) groups is 1. The minimum atomic E-state index is 0.160. The highest BCUT2D eigenvalue weighted by Gasteiger charge is 2.32. The fraction of sp³-hybridized carbons (Fsp3) is 0.696. The molecule has 2 aliphatic rings. The lowest BCUT2D eigenvalue weighted by atomic mass is 9.89. The lowest BCUT2D eigenvalue weighted by molar-refractivity contribution is -0.0265. The van der Waals surface area contributed by atoms with Crippen LogP contribution >= 0.6 is 11.8 Å². The number of aryl methyl sites for hydroxylation is 1. The monoisotopic (exact) mass is 419 g/mol. The van der Waals surface area contributed by atoms with E-state index in [4.69, 9.17) is 14.5 Å². The molecule has 2 fully saturated rings. The molecule has 2 N–H and O–H groups in total. The average Bonchev–Trinajstić information content (AvgIpc) is 2.77. The largest absolute Gasteiger partial charge is 0.381 e. The zero-order chi connectivity index (χ0) is 20.5. The fourth-order valence-electron chi connectivity index (χ4n) is 4.14. The summed E-state index contributed by atoms with van der Waals surface area (Å²) < 4.78 is 11.9. The van der Waals surface area contributed by atoms with E-state index >= 15 is 0 Å². The van der Waals surface area contributed by atoms with E-state index in [1.165, 1.54) is 17.5 Å². The van der Waals surface area contributed by atoms with Crippen molar-refractivity contribution in [1.29, 1.82) is 0 Å². The minimum absolute atomic E-state index is 0.160. The van der Waals surface area contributed by atoms with Crippen molar-refractivity contribution >= 4 is 17.7 Å². The van der Waals surface area contributed by atoms with Crippen molar-refractivity contribution in [1.82, 2.24) is 10.6 Å². The average molecular weight is 420 g/mol. The molecule has 0 spiro atoms. The predicted octanol–water partition coefficient (Wildman–Crippen LogP) is 3.93. The molecule has 2 atom stereocenters. The van der Waals surface area contributed by atoms with E-state index in [-0.39, 0.29) is 10.9 Å². The Bertz CT molecular complexity index is 644. The van der Waals surface area contributed by atoms with Crippen molar-refractivity contribution in [2.24, 2.45) is 10.9 Å². The van der Waals surface area contributed by atoms with Gasteiger partial charge in [0.05, 0.1) is 12.6 Å². The van der Waals surface area contributed by atoms with Crippen LogP contribution in [0.1, 0.15) is 49.8 Å². The molecule has 0 aromatic heterocycles. The highest BCUT2D eigenvalue weighted by Crippen LogP contribution is 2.35. The number of hydrogen-bond acceptors (Lipinski definition) is 4. The van der Waals surface area contributed by atoms with E-state index in [2.05, 4.69) is 55.0 Å². The second kappa shape index (κ2) is 11.2. The number of thioether (sulfide) groups is 1. The number of nitrogens with zero attached hydrogens (tertiary/aromatic N) is 1. The lowest BCUT2D eigenvalue weighted by Crippen LogP contribution is -2.43. The molecule has 0 amide bonds. The fourth-order valence-corrected chi connectivity index (χ4v) is 4.91. The number of guanidine groups is 1. The Morgan fingerprint density at radius 3 is 2.62 bits per heavy atom. The minimum Gasteiger partial charge on any atom is -0.381 e. The normalized spacial score (nSPS) is 24.9. The van der Waals surface area contributed by atoms with Gasteiger partial charge in [-0.1, -0.05) is 29.8 Å². The number of rotatable bonds is 7. The van der Waals surface area contributed by atoms with Crippen LogP contribution in [0.3, 0.4) is 0 Å². The highest BCUT2D eigenvalue weighted by molar-refractivity contribution is 8.00. The summed E-state index contributed by atoms with van der Waals surface area (Å²) in [6, 6.07) is 8.79. The molecule has 2 saturated heterocycles. The SMILES string of the molecule is CCNC(=NCC1(SC)CCOCC1)NCC1CCCOC1c1ccc(C)cc1. The van der Waals surface area contributed by atoms with Gasteiger partial charge in [-0.25, -0.2) is 0 Å². The standard InChI is InChI=1S/C23H37N3O2S/c1-4-24-22(26-17-23(29-3)11-14-27-15-12-23)25-16-20-6-5-13-28-21(20)19-9-7-18(2)8-10-19/h7-10,20-21H,4-6,11-17H2,1-3H3,(H2,24,25,26). The first-order valence-corrected chi connectivity index (χ1v) is 12.2. The molecule has 2 aliphatic heterocycles. The van der Waals surface area contributed by atoms with Crippen molar-refractivity contribution in [3.8, 4) is 0 Å². The van der Waals surface area contributed by atoms with Gasteiger partial charge in [-0.3, -0.25) is 4.99 Å². The Hall–Kier alpha value is -1.24. The van der Waals surface area contributed by atoms with Crippen LogP contribution in [0.25, 0.3) is 0 Å². The molecule has 162 valence electrons. The van der Waals surface area contributed by atoms with Crippen LogP contribution in [0, 0.1) is 12.8 Å². The van der Waals surface area contributed by atoms with Crippen molar-refractivity contribution < 1.29 is 9.47 Å². The third-order valence-corrected chi connectivity index (χ3v) is 7.49. The first kappa shape index (κ1) is 22.4. The van der Waals surface area contributed by atoms with Crippen LogP contribution in [-0.2, 0) is 9.47 Å². The van der Waals surface area contributed by atoms with Crippen LogP contribution in [-0.4, -0.2) is 56.4 Å². The maximum absolute atomic E-state index is 6.18. The molecular formula is C23H37N3O2S. The van der Waals surface area contributed by atoms with Crippen LogP contribution in [0.5, 0.6) is 0 Å². The van der Waals surface area contributed by atoms with Gasteiger partial charge in [-0.2, -0.15) is 11.8 Å². The van der Waals surface area contributed by atoms with Crippen molar-refractivity contribution in [3.63, 3.8) is 0 Å². The van der Waals surface area contributed by atoms with Gasteiger partial charge in [0.2, 0.25) is 0 Å². The van der Waals surface area contributed by atoms with Gasteiger partial charge < -0.3 is 20.1 Å². The maximum Gasteiger partial charge on any atom is 0.191 e. The Morgan fingerprint density at radius 2 is 1.93 bits per heavy atom. The van der Waals surface area contributed by atoms with E-state index in [1.807, 2.05) is 11.8 Å². The van der Waals surface area contributed by atoms with E-state index < -0.39 is 0 Å². The lowest BCUT2D eigenvalue weighted by Gasteiger charge is -2.35. The first-order valence-electron chi connectivity index (χ1n) is 11.0. The summed E-state index contributed by atoms with van der Waals surface area (Å²) in [5.74, 6) is 1.37. The summed E-state index contributed by atoms with van der Waals surface area (Å²) >= 11 is 1.94. The van der Waals surface area contributed by atoms with Crippen LogP contribution in [0.4, 0.5) is 0 Å². The Morgan fingerprint density at radius 1 is 1.17 bits per heavy atom. The van der Waals surface area contributed by atoms with Gasteiger partial charge in [-0.15, -0.1) is 0 Å². The molecule has 2 unspecified atom stereocenters. The Kier molecular flexibility index (Phi) is 8.69. The second-order valence-corrected chi connectivity index (χ2v) is 9.45. The third kappa shape index (κ3) is 6.37. The molecule has 1 aromatic carbocycles. The highest BCUT2D eigenvalue weighted by atomic mass is 32.2. The van der Waals surface area contributed by atoms with Crippen molar-refractivity contribution in [2.75, 3.05) is 45.7 Å². The third-order valence-electron chi connectivity index (χ3n) is 6.09. The summed E-state index contributed by atoms with van der Waals surface area (Å²) in [5, 5.41) is 7.02. The van der Waals surface area contributed by atoms with Crippen molar-refractivity contribution in [3.05, 3.63) is 35.4 Å². The second-order valence-electron chi connectivity index (χ2n) is 8.18. The van der Waals surface area contributed by atoms with Crippen LogP contribution < -0.4 is 10.6 Å². The van der Waals surface area contributed by atoms with Crippen molar-refractivity contribution in [2.45, 2.75) is 50.4 Å². The smallest absolute Gasteiger partial charge is 0.191 e. The zero-order valence-electron chi connectivity index (χ0n) is 18.2. The first-order chi connectivity index (χ1) is 14.2. The number of hydrogen-bond donors (Lipinski definition) is 2. The molecule has 0 bridgehead atoms. The maximum atomic E-state index is 6.18. The topological polar surface area (TPSA) is 54.9 Å². The van der Waals surface area contributed by atoms with Gasteiger partial charge in [0.15, 0.2) is 5.96 Å². The quantitative estimate of drug-likeness (QED) is 0.518. The van der Waals surface area contributed by atoms with E-state index in [1.54, 1.807) is 0 Å². The Balaban J connectivity index is 1.62. The van der Waals surface area contributed by atoms with Gasteiger partial charge in [0.25, 0.3) is 0 Å². The molecule has 29 heavy (non-hydrogen) atoms. The van der Waals surface area contributed by atoms with Crippen LogP contribution in [0.15, 0.2) is 29.3 Å².